The molecule has 0 amide bonds. The molecule has 8 nitrogen and oxygen atoms in total. The van der Waals surface area contributed by atoms with E-state index >= 15 is 4.79 Å². The van der Waals surface area contributed by atoms with Gasteiger partial charge in [0.25, 0.3) is 0 Å². The molecule has 3 fully saturated rings. The van der Waals surface area contributed by atoms with Gasteiger partial charge in [0.1, 0.15) is 22.7 Å². The van der Waals surface area contributed by atoms with Gasteiger partial charge in [-0.1, -0.05) is 18.2 Å². The Hall–Kier alpha value is -3.59. The molecule has 1 aromatic heterocycles. The van der Waals surface area contributed by atoms with E-state index in [1.54, 1.807) is 18.2 Å². The first-order chi connectivity index (χ1) is 23.1. The number of hydrogen-bond donors (Lipinski definition) is 5. The SMILES string of the molecule is O=C1c2[nH]c3c(c2CC2(O)[C@@H]4Cc5ccc(O)cc5[C@@]12CCN4CC1CC1)C[C@@]1(O)[C@@H]2Cc4ccc(O)cc4[C@@]1(C=CN2CC1CC1)C3. The fourth-order valence-corrected chi connectivity index (χ4v) is 11.6. The molecule has 2 saturated carbocycles. The summed E-state index contributed by atoms with van der Waals surface area (Å²) in [5, 5.41) is 47.9. The van der Waals surface area contributed by atoms with Gasteiger partial charge in [-0.3, -0.25) is 9.69 Å². The second-order valence-electron chi connectivity index (χ2n) is 16.8. The topological polar surface area (TPSA) is 120 Å². The highest BCUT2D eigenvalue weighted by Gasteiger charge is 2.70. The lowest BCUT2D eigenvalue weighted by molar-refractivity contribution is -0.135. The van der Waals surface area contributed by atoms with Crippen LogP contribution in [0.1, 0.15) is 81.7 Å². The number of fused-ring (bicyclic) bond motifs is 5. The van der Waals surface area contributed by atoms with Gasteiger partial charge in [-0.15, -0.1) is 0 Å². The Morgan fingerprint density at radius 3 is 2.21 bits per heavy atom. The Balaban J connectivity index is 1.09. The molecule has 4 bridgehead atoms. The van der Waals surface area contributed by atoms with Crippen LogP contribution in [-0.2, 0) is 42.9 Å². The van der Waals surface area contributed by atoms with Crippen molar-refractivity contribution in [3.05, 3.63) is 93.4 Å². The number of Topliss-reactive ketones (excluding diaryl/α,β-unsaturated/α-hetero) is 1. The van der Waals surface area contributed by atoms with Gasteiger partial charge in [0.05, 0.1) is 22.6 Å². The van der Waals surface area contributed by atoms with Gasteiger partial charge < -0.3 is 30.3 Å². The van der Waals surface area contributed by atoms with Gasteiger partial charge in [0.2, 0.25) is 0 Å². The van der Waals surface area contributed by atoms with E-state index in [-0.39, 0.29) is 29.4 Å². The minimum atomic E-state index is -1.34. The number of nitrogens with one attached hydrogen (secondary N) is 1. The van der Waals surface area contributed by atoms with Crippen molar-refractivity contribution >= 4 is 5.78 Å². The lowest BCUT2D eigenvalue weighted by atomic mass is 9.48. The molecule has 3 heterocycles. The number of aromatic hydroxyl groups is 2. The summed E-state index contributed by atoms with van der Waals surface area (Å²) in [6, 6.07) is 10.7. The number of nitrogens with zero attached hydrogens (tertiary/aromatic N) is 2. The third kappa shape index (κ3) is 3.35. The number of phenolic OH excluding ortho intramolecular Hbond substituents is 2. The molecule has 0 spiro atoms. The van der Waals surface area contributed by atoms with Crippen molar-refractivity contribution < 1.29 is 25.2 Å². The Labute approximate surface area is 280 Å². The van der Waals surface area contributed by atoms with E-state index in [9.17, 15) is 20.4 Å². The second-order valence-corrected chi connectivity index (χ2v) is 16.8. The Kier molecular flexibility index (Phi) is 5.27. The first-order valence-electron chi connectivity index (χ1n) is 18.2. The monoisotopic (exact) mass is 645 g/mol. The predicted molar refractivity (Wildman–Crippen MR) is 178 cm³/mol. The van der Waals surface area contributed by atoms with Crippen molar-refractivity contribution in [1.82, 2.24) is 14.8 Å². The molecule has 48 heavy (non-hydrogen) atoms. The summed E-state index contributed by atoms with van der Waals surface area (Å²) in [4.78, 5) is 23.7. The maximum atomic E-state index is 15.3. The molecule has 2 aliphatic heterocycles. The summed E-state index contributed by atoms with van der Waals surface area (Å²) >= 11 is 0. The van der Waals surface area contributed by atoms with Gasteiger partial charge in [-0.25, -0.2) is 0 Å². The Morgan fingerprint density at radius 2 is 1.46 bits per heavy atom. The number of H-pyrrole nitrogens is 1. The molecular formula is C40H43N3O5. The zero-order valence-electron chi connectivity index (χ0n) is 27.2. The van der Waals surface area contributed by atoms with Gasteiger partial charge in [0, 0.05) is 44.1 Å². The third-order valence-corrected chi connectivity index (χ3v) is 14.4. The van der Waals surface area contributed by atoms with Crippen LogP contribution < -0.4 is 0 Å². The molecule has 8 aliphatic rings. The first kappa shape index (κ1) is 28.3. The number of aliphatic hydroxyl groups is 2. The minimum Gasteiger partial charge on any atom is -0.508 e. The molecule has 248 valence electrons. The van der Waals surface area contributed by atoms with E-state index in [0.29, 0.717) is 56.1 Å². The van der Waals surface area contributed by atoms with Crippen molar-refractivity contribution in [3.63, 3.8) is 0 Å². The number of ketones is 1. The molecule has 1 saturated heterocycles. The maximum absolute atomic E-state index is 15.3. The van der Waals surface area contributed by atoms with Crippen molar-refractivity contribution in [2.45, 2.75) is 98.3 Å². The average molecular weight is 646 g/mol. The van der Waals surface area contributed by atoms with Crippen LogP contribution in [0.3, 0.4) is 0 Å². The molecule has 3 aromatic rings. The Morgan fingerprint density at radius 1 is 0.792 bits per heavy atom. The number of phenols is 2. The number of aromatic nitrogens is 1. The summed E-state index contributed by atoms with van der Waals surface area (Å²) in [7, 11) is 0. The number of benzene rings is 2. The third-order valence-electron chi connectivity index (χ3n) is 14.4. The van der Waals surface area contributed by atoms with E-state index in [4.69, 9.17) is 0 Å². The summed E-state index contributed by atoms with van der Waals surface area (Å²) < 4.78 is 0. The van der Waals surface area contributed by atoms with E-state index in [2.05, 4.69) is 27.1 Å². The number of aromatic amines is 1. The fraction of sp³-hybridized carbons (Fsp3) is 0.525. The number of hydrogen-bond acceptors (Lipinski definition) is 7. The van der Waals surface area contributed by atoms with Gasteiger partial charge in [0.15, 0.2) is 5.78 Å². The van der Waals surface area contributed by atoms with E-state index < -0.39 is 22.0 Å². The molecular weight excluding hydrogens is 602 g/mol. The zero-order chi connectivity index (χ0) is 32.4. The van der Waals surface area contributed by atoms with Crippen LogP contribution in [0.25, 0.3) is 0 Å². The van der Waals surface area contributed by atoms with Crippen LogP contribution in [0.5, 0.6) is 11.5 Å². The molecule has 11 rings (SSSR count). The molecule has 6 atom stereocenters. The first-order valence-corrected chi connectivity index (χ1v) is 18.2. The highest BCUT2D eigenvalue weighted by molar-refractivity contribution is 6.07. The standard InChI is InChI=1S/C40H43N3O5/c44-26-7-5-24-13-33-39(47)17-28-29-18-40(48)34-14-25-6-8-27(45)16-31(25)38(40,10-12-43(34)21-23-3-4-23)36(46)35(29)41-32(28)19-37(39,30(24)15-26)9-11-42(33)20-22-1-2-22/h5-9,11,15-16,22-23,33-34,41,44-45,47-48H,1-4,10,12-14,17-21H2/t33-,34-,37+,38-,39+,40?/m0/s1. The van der Waals surface area contributed by atoms with E-state index in [1.807, 2.05) is 18.2 Å². The van der Waals surface area contributed by atoms with Crippen LogP contribution in [0.4, 0.5) is 0 Å². The number of carbonyl (C=O) groups excluding carboxylic acids is 1. The molecule has 8 heteroatoms. The molecule has 5 N–H and O–H groups in total. The van der Waals surface area contributed by atoms with Crippen LogP contribution in [0, 0.1) is 11.8 Å². The predicted octanol–water partition coefficient (Wildman–Crippen LogP) is 3.81. The zero-order valence-corrected chi connectivity index (χ0v) is 27.2. The highest BCUT2D eigenvalue weighted by Crippen LogP contribution is 2.61. The van der Waals surface area contributed by atoms with Gasteiger partial charge >= 0.3 is 0 Å². The maximum Gasteiger partial charge on any atom is 0.192 e. The van der Waals surface area contributed by atoms with Crippen LogP contribution in [0.2, 0.25) is 0 Å². The second kappa shape index (κ2) is 8.95. The van der Waals surface area contributed by atoms with E-state index in [0.717, 1.165) is 58.7 Å². The van der Waals surface area contributed by atoms with Crippen molar-refractivity contribution in [3.8, 4) is 11.5 Å². The highest BCUT2D eigenvalue weighted by atomic mass is 16.3. The minimum absolute atomic E-state index is 0.0809. The smallest absolute Gasteiger partial charge is 0.192 e. The largest absolute Gasteiger partial charge is 0.508 e. The van der Waals surface area contributed by atoms with Crippen LogP contribution >= 0.6 is 0 Å². The fourth-order valence-electron chi connectivity index (χ4n) is 11.6. The normalized spacial score (nSPS) is 37.2. The van der Waals surface area contributed by atoms with Gasteiger partial charge in [-0.05, 0) is 127 Å². The Bertz CT molecular complexity index is 1980. The summed E-state index contributed by atoms with van der Waals surface area (Å²) in [6.45, 7) is 2.62. The summed E-state index contributed by atoms with van der Waals surface area (Å²) in [5.41, 5.74) is 2.93. The van der Waals surface area contributed by atoms with Crippen molar-refractivity contribution in [1.29, 1.82) is 0 Å². The van der Waals surface area contributed by atoms with Crippen LogP contribution in [0.15, 0.2) is 48.7 Å². The summed E-state index contributed by atoms with van der Waals surface area (Å²) in [5.74, 6) is 1.54. The molecule has 2 aromatic carbocycles. The number of piperidine rings is 1. The van der Waals surface area contributed by atoms with Gasteiger partial charge in [-0.2, -0.15) is 0 Å². The lowest BCUT2D eigenvalue weighted by Gasteiger charge is -2.63. The van der Waals surface area contributed by atoms with Crippen molar-refractivity contribution in [2.24, 2.45) is 11.8 Å². The van der Waals surface area contributed by atoms with Crippen molar-refractivity contribution in [2.75, 3.05) is 19.6 Å². The molecule has 6 aliphatic carbocycles. The molecule has 1 unspecified atom stereocenters. The number of rotatable bonds is 4. The lowest BCUT2D eigenvalue weighted by Crippen LogP contribution is -2.76. The number of likely N-dealkylation sites (tertiary alicyclic amines) is 1. The average Bonchev–Trinajstić information content (AvgIpc) is 3.99. The quantitative estimate of drug-likeness (QED) is 0.293. The van der Waals surface area contributed by atoms with Crippen LogP contribution in [-0.4, -0.2) is 83.9 Å². The van der Waals surface area contributed by atoms with E-state index in [1.165, 1.54) is 25.7 Å². The summed E-state index contributed by atoms with van der Waals surface area (Å²) in [6.07, 6.45) is 12.3. The number of carbonyl (C=O) groups is 1. The molecule has 0 radical (unpaired) electrons.